The number of hydrogen-bond donors (Lipinski definition) is 0. The number of hydrogen-bond acceptors (Lipinski definition) is 1. The van der Waals surface area contributed by atoms with E-state index in [-0.39, 0.29) is 0 Å². The van der Waals surface area contributed by atoms with Gasteiger partial charge in [-0.05, 0) is 47.0 Å². The van der Waals surface area contributed by atoms with Gasteiger partial charge in [-0.3, -0.25) is 0 Å². The molecule has 0 radical (unpaired) electrons. The molecule has 0 aromatic heterocycles. The lowest BCUT2D eigenvalue weighted by atomic mass is 9.79. The summed E-state index contributed by atoms with van der Waals surface area (Å²) in [6.07, 6.45) is 0. The predicted molar refractivity (Wildman–Crippen MR) is 106 cm³/mol. The van der Waals surface area contributed by atoms with Gasteiger partial charge >= 0.3 is 0 Å². The van der Waals surface area contributed by atoms with Crippen molar-refractivity contribution < 1.29 is 0 Å². The van der Waals surface area contributed by atoms with Crippen LogP contribution < -0.4 is 4.90 Å². The maximum Gasteiger partial charge on any atom is 0.0546 e. The van der Waals surface area contributed by atoms with Gasteiger partial charge < -0.3 is 4.90 Å². The Hall–Kier alpha value is -3.32. The highest BCUT2D eigenvalue weighted by molar-refractivity contribution is 6.09. The first-order chi connectivity index (χ1) is 12.4. The first kappa shape index (κ1) is 14.1. The topological polar surface area (TPSA) is 3.24 Å². The summed E-state index contributed by atoms with van der Waals surface area (Å²) in [5, 5.41) is 0. The molecule has 0 bridgehead atoms. The molecule has 4 aromatic rings. The summed E-state index contributed by atoms with van der Waals surface area (Å²) in [5.74, 6) is 0. The molecule has 4 aromatic carbocycles. The normalized spacial score (nSPS) is 11.2. The minimum Gasteiger partial charge on any atom is -0.310 e. The quantitative estimate of drug-likeness (QED) is 0.353. The van der Waals surface area contributed by atoms with Crippen LogP contribution in [0.5, 0.6) is 0 Å². The van der Waals surface area contributed by atoms with Gasteiger partial charge in [-0.1, -0.05) is 72.8 Å². The van der Waals surface area contributed by atoms with E-state index in [1.54, 1.807) is 0 Å². The van der Waals surface area contributed by atoms with Gasteiger partial charge in [-0.15, -0.1) is 0 Å². The van der Waals surface area contributed by atoms with Crippen LogP contribution in [0.15, 0.2) is 103 Å². The Labute approximate surface area is 147 Å². The van der Waals surface area contributed by atoms with Crippen molar-refractivity contribution in [2.24, 2.45) is 0 Å². The molecule has 1 aliphatic rings. The maximum absolute atomic E-state index is 2.34. The van der Waals surface area contributed by atoms with Gasteiger partial charge in [0.25, 0.3) is 0 Å². The summed E-state index contributed by atoms with van der Waals surface area (Å²) in [4.78, 5) is 2.34. The van der Waals surface area contributed by atoms with Crippen LogP contribution in [-0.2, 0) is 0 Å². The van der Waals surface area contributed by atoms with E-state index in [9.17, 15) is 0 Å². The van der Waals surface area contributed by atoms with Crippen molar-refractivity contribution in [1.29, 1.82) is 0 Å². The number of fused-ring (bicyclic) bond motifs is 4. The number of anilines is 3. The van der Waals surface area contributed by atoms with Crippen molar-refractivity contribution in [2.45, 2.75) is 0 Å². The van der Waals surface area contributed by atoms with Gasteiger partial charge in [0.15, 0.2) is 0 Å². The van der Waals surface area contributed by atoms with Crippen LogP contribution >= 0.6 is 0 Å². The standard InChI is InChI=1S/C24H17N/c1-3-10-18(11-4-1)25(19-12-5-2-6-13-19)23-17-9-16-22-20-14-7-8-15-21(20)24(22)23/h1-17H. The lowest BCUT2D eigenvalue weighted by Crippen LogP contribution is -2.13. The minimum atomic E-state index is 1.17. The Morgan fingerprint density at radius 3 is 1.56 bits per heavy atom. The fourth-order valence-electron chi connectivity index (χ4n) is 3.69. The largest absolute Gasteiger partial charge is 0.310 e. The second-order valence-electron chi connectivity index (χ2n) is 6.25. The molecule has 0 heterocycles. The predicted octanol–water partition coefficient (Wildman–Crippen LogP) is 6.80. The smallest absolute Gasteiger partial charge is 0.0546 e. The van der Waals surface area contributed by atoms with E-state index in [0.29, 0.717) is 0 Å². The molecular weight excluding hydrogens is 302 g/mol. The SMILES string of the molecule is c1ccc(N(c2ccccc2)c2cccc3c2-c2ccccc2-3)cc1. The Balaban J connectivity index is 1.74. The highest BCUT2D eigenvalue weighted by Crippen LogP contribution is 2.53. The summed E-state index contributed by atoms with van der Waals surface area (Å²) in [5.41, 5.74) is 8.94. The Morgan fingerprint density at radius 1 is 0.400 bits per heavy atom. The molecule has 0 fully saturated rings. The number of benzene rings is 4. The van der Waals surface area contributed by atoms with E-state index in [0.717, 1.165) is 0 Å². The molecule has 0 saturated carbocycles. The third-order valence-electron chi connectivity index (χ3n) is 4.80. The van der Waals surface area contributed by atoms with Gasteiger partial charge in [-0.25, -0.2) is 0 Å². The lowest BCUT2D eigenvalue weighted by molar-refractivity contribution is 1.28. The highest BCUT2D eigenvalue weighted by Gasteiger charge is 2.27. The van der Waals surface area contributed by atoms with Crippen LogP contribution in [0.4, 0.5) is 17.1 Å². The van der Waals surface area contributed by atoms with Crippen molar-refractivity contribution in [3.05, 3.63) is 103 Å². The molecule has 5 rings (SSSR count). The molecule has 1 heteroatoms. The van der Waals surface area contributed by atoms with Gasteiger partial charge in [0.2, 0.25) is 0 Å². The fourth-order valence-corrected chi connectivity index (χ4v) is 3.69. The first-order valence-electron chi connectivity index (χ1n) is 8.56. The average molecular weight is 319 g/mol. The van der Waals surface area contributed by atoms with Crippen LogP contribution in [0.25, 0.3) is 22.3 Å². The van der Waals surface area contributed by atoms with E-state index in [1.807, 2.05) is 0 Å². The third kappa shape index (κ3) is 2.17. The van der Waals surface area contributed by atoms with Crippen molar-refractivity contribution >= 4 is 17.1 Å². The van der Waals surface area contributed by atoms with Crippen LogP contribution in [0.3, 0.4) is 0 Å². The summed E-state index contributed by atoms with van der Waals surface area (Å²) < 4.78 is 0. The molecule has 0 aliphatic heterocycles. The highest BCUT2D eigenvalue weighted by atomic mass is 15.1. The Kier molecular flexibility index (Phi) is 3.17. The fraction of sp³-hybridized carbons (Fsp3) is 0. The molecule has 0 atom stereocenters. The van der Waals surface area contributed by atoms with E-state index in [2.05, 4.69) is 108 Å². The Bertz CT molecular complexity index is 996. The second kappa shape index (κ2) is 5.64. The van der Waals surface area contributed by atoms with Gasteiger partial charge in [0.05, 0.1) is 5.69 Å². The van der Waals surface area contributed by atoms with Crippen molar-refractivity contribution in [3.63, 3.8) is 0 Å². The van der Waals surface area contributed by atoms with Crippen LogP contribution in [0.2, 0.25) is 0 Å². The minimum absolute atomic E-state index is 1.17. The molecule has 1 aliphatic carbocycles. The third-order valence-corrected chi connectivity index (χ3v) is 4.80. The van der Waals surface area contributed by atoms with Crippen LogP contribution in [0.1, 0.15) is 0 Å². The average Bonchev–Trinajstić information content (AvgIpc) is 2.68. The summed E-state index contributed by atoms with van der Waals surface area (Å²) in [7, 11) is 0. The number of rotatable bonds is 3. The molecule has 0 N–H and O–H groups in total. The van der Waals surface area contributed by atoms with E-state index in [1.165, 1.54) is 39.3 Å². The molecule has 1 nitrogen and oxygen atoms in total. The second-order valence-corrected chi connectivity index (χ2v) is 6.25. The molecule has 118 valence electrons. The zero-order chi connectivity index (χ0) is 16.6. The molecular formula is C24H17N. The first-order valence-corrected chi connectivity index (χ1v) is 8.56. The number of para-hydroxylation sites is 2. The molecule has 0 spiro atoms. The molecule has 0 amide bonds. The summed E-state index contributed by atoms with van der Waals surface area (Å²) >= 11 is 0. The van der Waals surface area contributed by atoms with E-state index < -0.39 is 0 Å². The summed E-state index contributed by atoms with van der Waals surface area (Å²) in [6.45, 7) is 0. The maximum atomic E-state index is 2.34. The zero-order valence-electron chi connectivity index (χ0n) is 13.8. The summed E-state index contributed by atoms with van der Waals surface area (Å²) in [6, 6.07) is 36.4. The van der Waals surface area contributed by atoms with E-state index in [4.69, 9.17) is 0 Å². The molecule has 0 unspecified atom stereocenters. The van der Waals surface area contributed by atoms with Gasteiger partial charge in [0, 0.05) is 16.9 Å². The van der Waals surface area contributed by atoms with Crippen LogP contribution in [0, 0.1) is 0 Å². The van der Waals surface area contributed by atoms with Gasteiger partial charge in [-0.2, -0.15) is 0 Å². The lowest BCUT2D eigenvalue weighted by Gasteiger charge is -2.33. The zero-order valence-corrected chi connectivity index (χ0v) is 13.8. The Morgan fingerprint density at radius 2 is 0.920 bits per heavy atom. The van der Waals surface area contributed by atoms with Gasteiger partial charge in [0.1, 0.15) is 0 Å². The molecule has 0 saturated heterocycles. The van der Waals surface area contributed by atoms with Crippen molar-refractivity contribution in [2.75, 3.05) is 4.90 Å². The van der Waals surface area contributed by atoms with Crippen molar-refractivity contribution in [1.82, 2.24) is 0 Å². The van der Waals surface area contributed by atoms with Crippen molar-refractivity contribution in [3.8, 4) is 22.3 Å². The molecule has 25 heavy (non-hydrogen) atoms. The number of nitrogens with zero attached hydrogens (tertiary/aromatic N) is 1. The van der Waals surface area contributed by atoms with E-state index >= 15 is 0 Å². The monoisotopic (exact) mass is 319 g/mol. The van der Waals surface area contributed by atoms with Crippen LogP contribution in [-0.4, -0.2) is 0 Å².